The van der Waals surface area contributed by atoms with Gasteiger partial charge in [0.2, 0.25) is 0 Å². The molecule has 1 saturated heterocycles. The fraction of sp³-hybridized carbons (Fsp3) is 0.312. The van der Waals surface area contributed by atoms with Gasteiger partial charge in [-0.05, 0) is 12.1 Å². The number of nitrogen functional groups attached to an aromatic ring is 1. The molecule has 0 saturated carbocycles. The quantitative estimate of drug-likeness (QED) is 0.205. The summed E-state index contributed by atoms with van der Waals surface area (Å²) in [5, 5.41) is 37.2. The first-order valence-electron chi connectivity index (χ1n) is 9.01. The summed E-state index contributed by atoms with van der Waals surface area (Å²) < 4.78 is 21.8. The zero-order valence-electron chi connectivity index (χ0n) is 16.5. The molecule has 33 heavy (non-hydrogen) atoms. The van der Waals surface area contributed by atoms with Gasteiger partial charge >= 0.3 is 13.8 Å². The Labute approximate surface area is 184 Å². The molecular weight excluding hydrogens is 467 g/mol. The number of imidazole rings is 1. The summed E-state index contributed by atoms with van der Waals surface area (Å²) in [6.07, 6.45) is -1.18. The van der Waals surface area contributed by atoms with Crippen molar-refractivity contribution >= 4 is 30.8 Å². The fourth-order valence-corrected chi connectivity index (χ4v) is 3.23. The minimum Gasteiger partial charge on any atom is -0.505 e. The van der Waals surface area contributed by atoms with Crippen LogP contribution in [0, 0.1) is 0 Å². The Bertz CT molecular complexity index is 1190. The number of pyridine rings is 1. The van der Waals surface area contributed by atoms with Crippen molar-refractivity contribution < 1.29 is 48.8 Å². The molecule has 0 aromatic carbocycles. The van der Waals surface area contributed by atoms with E-state index in [0.29, 0.717) is 5.52 Å². The zero-order valence-corrected chi connectivity index (χ0v) is 17.4. The van der Waals surface area contributed by atoms with Crippen molar-refractivity contribution in [3.63, 3.8) is 0 Å². The van der Waals surface area contributed by atoms with Crippen molar-refractivity contribution in [1.29, 1.82) is 0 Å². The largest absolute Gasteiger partial charge is 0.505 e. The third-order valence-corrected chi connectivity index (χ3v) is 4.88. The van der Waals surface area contributed by atoms with Gasteiger partial charge in [-0.3, -0.25) is 9.09 Å². The molecule has 1 aliphatic heterocycles. The van der Waals surface area contributed by atoms with Crippen LogP contribution >= 0.6 is 7.82 Å². The monoisotopic (exact) mass is 486 g/mol. The lowest BCUT2D eigenvalue weighted by Crippen LogP contribution is -2.33. The molecule has 3 aromatic heterocycles. The Hall–Kier alpha value is -3.24. The molecule has 17 heteroatoms. The summed E-state index contributed by atoms with van der Waals surface area (Å²) >= 11 is 0. The molecule has 8 N–H and O–H groups in total. The Morgan fingerprint density at radius 3 is 2.55 bits per heavy atom. The van der Waals surface area contributed by atoms with E-state index < -0.39 is 44.9 Å². The molecule has 178 valence electrons. The van der Waals surface area contributed by atoms with Crippen LogP contribution in [0.4, 0.5) is 5.82 Å². The predicted octanol–water partition coefficient (Wildman–Crippen LogP) is -1.38. The number of nitrogens with zero attached hydrogens (tertiary/aromatic N) is 5. The van der Waals surface area contributed by atoms with Gasteiger partial charge in [-0.15, -0.1) is 0 Å². The lowest BCUT2D eigenvalue weighted by molar-refractivity contribution is -0.0504. The Kier molecular flexibility index (Phi) is 7.19. The lowest BCUT2D eigenvalue weighted by Gasteiger charge is -2.16. The molecule has 0 spiro atoms. The number of aliphatic hydroxyl groups is 2. The fourth-order valence-electron chi connectivity index (χ4n) is 2.89. The van der Waals surface area contributed by atoms with Crippen molar-refractivity contribution in [2.75, 3.05) is 12.3 Å². The minimum atomic E-state index is -4.72. The number of aromatic carboxylic acids is 1. The number of aromatic nitrogens is 5. The normalized spacial score (nSPS) is 22.7. The molecule has 4 atom stereocenters. The third kappa shape index (κ3) is 5.58. The molecule has 0 bridgehead atoms. The lowest BCUT2D eigenvalue weighted by atomic mass is 10.1. The number of phosphoric acid groups is 1. The number of ether oxygens (including phenoxy) is 1. The van der Waals surface area contributed by atoms with Crippen LogP contribution in [0.2, 0.25) is 0 Å². The number of aliphatic hydroxyl groups excluding tert-OH is 2. The van der Waals surface area contributed by atoms with E-state index in [1.807, 2.05) is 0 Å². The van der Waals surface area contributed by atoms with Crippen molar-refractivity contribution in [3.8, 4) is 5.75 Å². The molecule has 0 unspecified atom stereocenters. The second-order valence-corrected chi connectivity index (χ2v) is 7.83. The third-order valence-electron chi connectivity index (χ3n) is 4.39. The van der Waals surface area contributed by atoms with Gasteiger partial charge in [0.15, 0.2) is 23.4 Å². The number of phosphoric ester groups is 1. The first kappa shape index (κ1) is 24.4. The van der Waals surface area contributed by atoms with Gasteiger partial charge in [-0.1, -0.05) is 0 Å². The average molecular weight is 486 g/mol. The Balaban J connectivity index is 0.000000257. The minimum absolute atomic E-state index is 0.142. The number of carboxylic acids is 1. The molecule has 4 heterocycles. The highest BCUT2D eigenvalue weighted by Gasteiger charge is 2.45. The average Bonchev–Trinajstić information content (AvgIpc) is 3.29. The summed E-state index contributed by atoms with van der Waals surface area (Å²) in [6.45, 7) is -0.594. The van der Waals surface area contributed by atoms with Gasteiger partial charge in [-0.25, -0.2) is 29.3 Å². The van der Waals surface area contributed by atoms with Crippen LogP contribution in [0.3, 0.4) is 0 Å². The van der Waals surface area contributed by atoms with Crippen LogP contribution in [0.25, 0.3) is 11.2 Å². The smallest absolute Gasteiger partial charge is 0.469 e. The number of nitrogens with two attached hydrogens (primary N) is 1. The topological polar surface area (TPSA) is 256 Å². The maximum absolute atomic E-state index is 10.7. The van der Waals surface area contributed by atoms with E-state index in [0.717, 1.165) is 0 Å². The second-order valence-electron chi connectivity index (χ2n) is 6.59. The highest BCUT2D eigenvalue weighted by atomic mass is 31.2. The van der Waals surface area contributed by atoms with E-state index >= 15 is 0 Å². The first-order chi connectivity index (χ1) is 15.5. The SMILES string of the molecule is Nc1ncnc2c1ncn2[C@@H]1O[C@H](COP(=O)(O)O)[C@@H](O)[C@H]1O.O=C(O)c1ncccc1O. The number of anilines is 1. The van der Waals surface area contributed by atoms with Gasteiger partial charge in [-0.2, -0.15) is 0 Å². The number of carbonyl (C=O) groups is 1. The highest BCUT2D eigenvalue weighted by molar-refractivity contribution is 7.46. The van der Waals surface area contributed by atoms with E-state index in [2.05, 4.69) is 24.5 Å². The number of carboxylic acid groups (broad SMARTS) is 1. The first-order valence-corrected chi connectivity index (χ1v) is 10.5. The van der Waals surface area contributed by atoms with E-state index in [9.17, 15) is 19.6 Å². The van der Waals surface area contributed by atoms with Crippen LogP contribution in [0.15, 0.2) is 31.0 Å². The van der Waals surface area contributed by atoms with Crippen molar-refractivity contribution in [2.45, 2.75) is 24.5 Å². The van der Waals surface area contributed by atoms with E-state index in [1.165, 1.54) is 35.6 Å². The number of rotatable bonds is 5. The molecule has 0 radical (unpaired) electrons. The van der Waals surface area contributed by atoms with Gasteiger partial charge in [0, 0.05) is 6.20 Å². The molecule has 0 aliphatic carbocycles. The Morgan fingerprint density at radius 1 is 1.21 bits per heavy atom. The van der Waals surface area contributed by atoms with Crippen molar-refractivity contribution in [3.05, 3.63) is 36.7 Å². The molecule has 4 rings (SSSR count). The summed E-state index contributed by atoms with van der Waals surface area (Å²) in [4.78, 5) is 42.8. The number of aromatic hydroxyl groups is 1. The van der Waals surface area contributed by atoms with Crippen LogP contribution in [0.1, 0.15) is 16.7 Å². The van der Waals surface area contributed by atoms with Gasteiger partial charge in [0.1, 0.15) is 35.9 Å². The van der Waals surface area contributed by atoms with E-state index in [-0.39, 0.29) is 22.9 Å². The standard InChI is InChI=1S/C10H14N5O7P.C6H5NO3/c11-8-5-9(13-2-12-8)15(3-14-5)10-7(17)6(16)4(22-10)1-21-23(18,19)20;8-4-2-1-3-7-5(4)6(9)10/h2-4,6-7,10,16-17H,1H2,(H2,11,12,13)(H2,18,19,20);1-3,8H,(H,9,10)/t4-,6-,7-,10-;/m1./s1. The van der Waals surface area contributed by atoms with Crippen molar-refractivity contribution in [1.82, 2.24) is 24.5 Å². The zero-order chi connectivity index (χ0) is 24.3. The molecule has 0 amide bonds. The highest BCUT2D eigenvalue weighted by Crippen LogP contribution is 2.38. The van der Waals surface area contributed by atoms with Gasteiger partial charge in [0.25, 0.3) is 0 Å². The maximum Gasteiger partial charge on any atom is 0.469 e. The van der Waals surface area contributed by atoms with E-state index in [1.54, 1.807) is 0 Å². The van der Waals surface area contributed by atoms with Gasteiger partial charge < -0.3 is 40.7 Å². The number of fused-ring (bicyclic) bond motifs is 1. The summed E-state index contributed by atoms with van der Waals surface area (Å²) in [5.74, 6) is -1.39. The summed E-state index contributed by atoms with van der Waals surface area (Å²) in [7, 11) is -4.72. The molecular formula is C16H19N6O10P. The van der Waals surface area contributed by atoms with Gasteiger partial charge in [0.05, 0.1) is 12.9 Å². The number of hydrogen-bond acceptors (Lipinski definition) is 12. The Morgan fingerprint density at radius 2 is 1.94 bits per heavy atom. The molecule has 1 aliphatic rings. The summed E-state index contributed by atoms with van der Waals surface area (Å²) in [6, 6.07) is 2.73. The van der Waals surface area contributed by atoms with Crippen LogP contribution in [-0.4, -0.2) is 85.6 Å². The van der Waals surface area contributed by atoms with E-state index in [4.69, 9.17) is 30.5 Å². The van der Waals surface area contributed by atoms with Crippen LogP contribution < -0.4 is 5.73 Å². The van der Waals surface area contributed by atoms with Crippen LogP contribution in [0.5, 0.6) is 5.75 Å². The summed E-state index contributed by atoms with van der Waals surface area (Å²) in [5.41, 5.74) is 5.93. The van der Waals surface area contributed by atoms with Crippen LogP contribution in [-0.2, 0) is 13.8 Å². The second kappa shape index (κ2) is 9.72. The maximum atomic E-state index is 10.7. The molecule has 16 nitrogen and oxygen atoms in total. The van der Waals surface area contributed by atoms with Crippen molar-refractivity contribution in [2.24, 2.45) is 0 Å². The molecule has 1 fully saturated rings. The predicted molar refractivity (Wildman–Crippen MR) is 107 cm³/mol. The number of hydrogen-bond donors (Lipinski definition) is 7. The molecule has 3 aromatic rings.